The van der Waals surface area contributed by atoms with Gasteiger partial charge in [0.25, 0.3) is 0 Å². The number of ether oxygens (including phenoxy) is 1. The maximum atomic E-state index is 12.2. The van der Waals surface area contributed by atoms with E-state index in [1.165, 1.54) is 0 Å². The van der Waals surface area contributed by atoms with Gasteiger partial charge in [-0.25, -0.2) is 0 Å². The van der Waals surface area contributed by atoms with E-state index in [-0.39, 0.29) is 30.5 Å². The molecule has 0 radical (unpaired) electrons. The zero-order valence-corrected chi connectivity index (χ0v) is 15.3. The van der Waals surface area contributed by atoms with Crippen LogP contribution in [0.15, 0.2) is 18.2 Å². The molecule has 1 heterocycles. The Hall–Kier alpha value is -0.560. The minimum absolute atomic E-state index is 0. The predicted molar refractivity (Wildman–Crippen MR) is 96.8 cm³/mol. The lowest BCUT2D eigenvalue weighted by atomic mass is 9.99. The van der Waals surface area contributed by atoms with Crippen LogP contribution in [0, 0.1) is 0 Å². The summed E-state index contributed by atoms with van der Waals surface area (Å²) < 4.78 is 5.39. The summed E-state index contributed by atoms with van der Waals surface area (Å²) in [7, 11) is 1.71. The van der Waals surface area contributed by atoms with Gasteiger partial charge in [-0.15, -0.1) is 12.4 Å². The smallest absolute Gasteiger partial charge is 0.238 e. The summed E-state index contributed by atoms with van der Waals surface area (Å²) in [5, 5.41) is 3.71. The molecule has 1 amide bonds. The van der Waals surface area contributed by atoms with Gasteiger partial charge in [0, 0.05) is 31.9 Å². The van der Waals surface area contributed by atoms with Crippen molar-refractivity contribution in [2.45, 2.75) is 25.0 Å². The summed E-state index contributed by atoms with van der Waals surface area (Å²) in [4.78, 5) is 14.3. The Bertz CT molecular complexity index is 531. The van der Waals surface area contributed by atoms with E-state index in [0.29, 0.717) is 28.8 Å². The average molecular weight is 383 g/mol. The first-order valence-electron chi connectivity index (χ1n) is 7.25. The van der Waals surface area contributed by atoms with Crippen LogP contribution in [0.2, 0.25) is 10.0 Å². The number of likely N-dealkylation sites (tertiary alicyclic amines) is 1. The second-order valence-corrected chi connectivity index (χ2v) is 6.23. The summed E-state index contributed by atoms with van der Waals surface area (Å²) in [6, 6.07) is 5.19. The Balaban J connectivity index is 0.00000264. The molecule has 2 rings (SSSR count). The molecule has 0 aliphatic carbocycles. The highest BCUT2D eigenvalue weighted by molar-refractivity contribution is 6.42. The lowest BCUT2D eigenvalue weighted by Gasteiger charge is -2.37. The van der Waals surface area contributed by atoms with Gasteiger partial charge in [0.1, 0.15) is 0 Å². The van der Waals surface area contributed by atoms with Crippen molar-refractivity contribution in [1.29, 1.82) is 0 Å². The van der Waals surface area contributed by atoms with Gasteiger partial charge in [-0.1, -0.05) is 23.2 Å². The molecule has 1 aromatic rings. The van der Waals surface area contributed by atoms with E-state index in [9.17, 15) is 4.79 Å². The van der Waals surface area contributed by atoms with Crippen molar-refractivity contribution in [3.63, 3.8) is 0 Å². The lowest BCUT2D eigenvalue weighted by Crippen LogP contribution is -2.50. The van der Waals surface area contributed by atoms with Crippen molar-refractivity contribution in [1.82, 2.24) is 4.90 Å². The fraction of sp³-hybridized carbons (Fsp3) is 0.533. The second kappa shape index (κ2) is 9.67. The molecule has 0 bridgehead atoms. The fourth-order valence-electron chi connectivity index (χ4n) is 2.69. The number of piperidine rings is 1. The van der Waals surface area contributed by atoms with Crippen molar-refractivity contribution < 1.29 is 9.53 Å². The molecular weight excluding hydrogens is 361 g/mol. The van der Waals surface area contributed by atoms with E-state index in [1.54, 1.807) is 25.3 Å². The van der Waals surface area contributed by atoms with E-state index in [4.69, 9.17) is 33.7 Å². The quantitative estimate of drug-likeness (QED) is 0.822. The van der Waals surface area contributed by atoms with Crippen LogP contribution in [0.3, 0.4) is 0 Å². The third-order valence-electron chi connectivity index (χ3n) is 3.95. The molecule has 2 atom stereocenters. The lowest BCUT2D eigenvalue weighted by molar-refractivity contribution is -0.118. The van der Waals surface area contributed by atoms with Gasteiger partial charge in [-0.05, 0) is 31.0 Å². The summed E-state index contributed by atoms with van der Waals surface area (Å²) in [5.41, 5.74) is 6.45. The predicted octanol–water partition coefficient (Wildman–Crippen LogP) is 2.79. The van der Waals surface area contributed by atoms with Crippen molar-refractivity contribution in [3.05, 3.63) is 28.2 Å². The standard InChI is InChI=1S/C15H21Cl2N3O2.ClH/c1-22-12-4-5-20(11(7-12)8-18)9-15(21)19-10-2-3-13(16)14(17)6-10;/h2-3,6,11-12H,4-5,7-9,18H2,1H3,(H,19,21);1H. The minimum Gasteiger partial charge on any atom is -0.381 e. The number of nitrogens with two attached hydrogens (primary N) is 1. The first kappa shape index (κ1) is 20.5. The molecule has 1 aromatic carbocycles. The highest BCUT2D eigenvalue weighted by Gasteiger charge is 2.28. The van der Waals surface area contributed by atoms with Crippen molar-refractivity contribution in [2.75, 3.05) is 32.1 Å². The number of rotatable bonds is 5. The van der Waals surface area contributed by atoms with E-state index in [0.717, 1.165) is 19.4 Å². The molecule has 3 N–H and O–H groups in total. The summed E-state index contributed by atoms with van der Waals surface area (Å²) in [6.45, 7) is 1.62. The number of hydrogen-bond acceptors (Lipinski definition) is 4. The van der Waals surface area contributed by atoms with Crippen LogP contribution >= 0.6 is 35.6 Å². The Labute approximate surface area is 152 Å². The SMILES string of the molecule is COC1CCN(CC(=O)Nc2ccc(Cl)c(Cl)c2)C(CN)C1.Cl. The van der Waals surface area contributed by atoms with Gasteiger partial charge in [0.05, 0.1) is 22.7 Å². The van der Waals surface area contributed by atoms with E-state index in [2.05, 4.69) is 10.2 Å². The number of carbonyl (C=O) groups is 1. The van der Waals surface area contributed by atoms with Crippen LogP contribution < -0.4 is 11.1 Å². The van der Waals surface area contributed by atoms with Crippen LogP contribution in [0.4, 0.5) is 5.69 Å². The summed E-state index contributed by atoms with van der Waals surface area (Å²) >= 11 is 11.8. The molecule has 1 aliphatic heterocycles. The third-order valence-corrected chi connectivity index (χ3v) is 4.68. The third kappa shape index (κ3) is 5.78. The normalized spacial score (nSPS) is 21.6. The van der Waals surface area contributed by atoms with Crippen LogP contribution in [0.5, 0.6) is 0 Å². The van der Waals surface area contributed by atoms with E-state index >= 15 is 0 Å². The van der Waals surface area contributed by atoms with Gasteiger partial charge < -0.3 is 15.8 Å². The number of methoxy groups -OCH3 is 1. The number of hydrogen-bond donors (Lipinski definition) is 2. The number of amides is 1. The van der Waals surface area contributed by atoms with Crippen LogP contribution in [-0.2, 0) is 9.53 Å². The van der Waals surface area contributed by atoms with Gasteiger partial charge in [-0.2, -0.15) is 0 Å². The fourth-order valence-corrected chi connectivity index (χ4v) is 2.99. The van der Waals surface area contributed by atoms with Crippen molar-refractivity contribution in [2.24, 2.45) is 5.73 Å². The Kier molecular flexibility index (Phi) is 8.61. The number of halogens is 3. The summed E-state index contributed by atoms with van der Waals surface area (Å²) in [6.07, 6.45) is 1.99. The highest BCUT2D eigenvalue weighted by atomic mass is 35.5. The summed E-state index contributed by atoms with van der Waals surface area (Å²) in [5.74, 6) is -0.0901. The van der Waals surface area contributed by atoms with Crippen LogP contribution in [-0.4, -0.2) is 49.7 Å². The van der Waals surface area contributed by atoms with Crippen molar-refractivity contribution >= 4 is 47.2 Å². The van der Waals surface area contributed by atoms with Gasteiger partial charge in [-0.3, -0.25) is 9.69 Å². The molecule has 1 saturated heterocycles. The highest BCUT2D eigenvalue weighted by Crippen LogP contribution is 2.25. The molecule has 5 nitrogen and oxygen atoms in total. The number of benzene rings is 1. The topological polar surface area (TPSA) is 67.6 Å². The molecule has 0 saturated carbocycles. The monoisotopic (exact) mass is 381 g/mol. The molecule has 0 spiro atoms. The number of anilines is 1. The molecule has 2 unspecified atom stereocenters. The maximum absolute atomic E-state index is 12.2. The van der Waals surface area contributed by atoms with E-state index < -0.39 is 0 Å². The van der Waals surface area contributed by atoms with Gasteiger partial charge in [0.2, 0.25) is 5.91 Å². The largest absolute Gasteiger partial charge is 0.381 e. The molecule has 8 heteroatoms. The van der Waals surface area contributed by atoms with E-state index in [1.807, 2.05) is 0 Å². The first-order chi connectivity index (χ1) is 10.5. The Morgan fingerprint density at radius 2 is 2.17 bits per heavy atom. The first-order valence-corrected chi connectivity index (χ1v) is 8.01. The molecule has 130 valence electrons. The molecule has 0 aromatic heterocycles. The number of nitrogens with one attached hydrogen (secondary N) is 1. The van der Waals surface area contributed by atoms with Crippen LogP contribution in [0.1, 0.15) is 12.8 Å². The molecular formula is C15H22Cl3N3O2. The zero-order chi connectivity index (χ0) is 16.1. The molecule has 23 heavy (non-hydrogen) atoms. The molecule has 1 fully saturated rings. The number of nitrogens with zero attached hydrogens (tertiary/aromatic N) is 1. The van der Waals surface area contributed by atoms with Crippen LogP contribution in [0.25, 0.3) is 0 Å². The maximum Gasteiger partial charge on any atom is 0.238 e. The second-order valence-electron chi connectivity index (χ2n) is 5.42. The van der Waals surface area contributed by atoms with Crippen molar-refractivity contribution in [3.8, 4) is 0 Å². The average Bonchev–Trinajstić information content (AvgIpc) is 2.51. The Morgan fingerprint density at radius 3 is 2.78 bits per heavy atom. The van der Waals surface area contributed by atoms with Gasteiger partial charge >= 0.3 is 0 Å². The molecule has 1 aliphatic rings. The zero-order valence-electron chi connectivity index (χ0n) is 12.9. The number of carbonyl (C=O) groups excluding carboxylic acids is 1. The Morgan fingerprint density at radius 1 is 1.43 bits per heavy atom. The minimum atomic E-state index is -0.0901. The van der Waals surface area contributed by atoms with Gasteiger partial charge in [0.15, 0.2) is 0 Å².